The maximum Gasteiger partial charge on any atom is 0.258 e. The minimum absolute atomic E-state index is 0.0282. The van der Waals surface area contributed by atoms with Crippen molar-refractivity contribution in [2.24, 2.45) is 15.2 Å². The molecule has 2 N–H and O–H groups in total. The molecule has 1 aliphatic heterocycles. The number of aromatic nitrogens is 1. The lowest BCUT2D eigenvalue weighted by molar-refractivity contribution is -0.115. The van der Waals surface area contributed by atoms with Crippen LogP contribution in [0.25, 0.3) is 10.9 Å². The number of rotatable bonds is 2. The largest absolute Gasteiger partial charge is 0.493 e. The summed E-state index contributed by atoms with van der Waals surface area (Å²) in [5.41, 5.74) is 2.33. The Balaban J connectivity index is 2.03. The number of benzene rings is 1. The zero-order valence-corrected chi connectivity index (χ0v) is 11.6. The average molecular weight is 288 g/mol. The number of H-pyrrole nitrogens is 1. The predicted molar refractivity (Wildman–Crippen MR) is 78.8 cm³/mol. The van der Waals surface area contributed by atoms with Gasteiger partial charge in [-0.3, -0.25) is 4.79 Å². The van der Waals surface area contributed by atoms with Crippen molar-refractivity contribution < 1.29 is 9.90 Å². The molecule has 0 aliphatic carbocycles. The molecule has 2 heterocycles. The Bertz CT molecular complexity index is 748. The molecule has 2 aromatic rings. The van der Waals surface area contributed by atoms with Crippen molar-refractivity contribution >= 4 is 39.4 Å². The van der Waals surface area contributed by atoms with E-state index in [1.54, 1.807) is 0 Å². The number of carbonyl (C=O) groups is 1. The van der Waals surface area contributed by atoms with Gasteiger partial charge in [0.25, 0.3) is 5.91 Å². The van der Waals surface area contributed by atoms with Gasteiger partial charge in [0.2, 0.25) is 11.0 Å². The van der Waals surface area contributed by atoms with Crippen molar-refractivity contribution in [1.29, 1.82) is 0 Å². The van der Waals surface area contributed by atoms with Crippen LogP contribution in [0.5, 0.6) is 5.88 Å². The molecule has 1 aromatic heterocycles. The number of thioether (sulfide) groups is 1. The first kappa shape index (κ1) is 12.9. The molecule has 0 atom stereocenters. The van der Waals surface area contributed by atoms with E-state index in [1.807, 2.05) is 25.1 Å². The summed E-state index contributed by atoms with van der Waals surface area (Å²) in [7, 11) is 0. The van der Waals surface area contributed by atoms with Gasteiger partial charge in [-0.25, -0.2) is 0 Å². The third-order valence-electron chi connectivity index (χ3n) is 3.04. The Morgan fingerprint density at radius 2 is 2.30 bits per heavy atom. The molecule has 20 heavy (non-hydrogen) atoms. The molecule has 3 rings (SSSR count). The second-order valence-electron chi connectivity index (χ2n) is 4.29. The van der Waals surface area contributed by atoms with Gasteiger partial charge in [0, 0.05) is 5.39 Å². The van der Waals surface area contributed by atoms with Crippen LogP contribution in [0.3, 0.4) is 0 Å². The van der Waals surface area contributed by atoms with Crippen LogP contribution in [0.15, 0.2) is 33.4 Å². The fourth-order valence-electron chi connectivity index (χ4n) is 2.09. The molecule has 1 aromatic carbocycles. The Kier molecular flexibility index (Phi) is 3.27. The van der Waals surface area contributed by atoms with Crippen LogP contribution in [0.2, 0.25) is 0 Å². The molecule has 0 spiro atoms. The van der Waals surface area contributed by atoms with Crippen molar-refractivity contribution in [2.45, 2.75) is 13.3 Å². The molecule has 0 saturated heterocycles. The van der Waals surface area contributed by atoms with Crippen LogP contribution >= 0.6 is 11.8 Å². The maximum atomic E-state index is 11.0. The number of aromatic hydroxyl groups is 1. The number of amidine groups is 1. The van der Waals surface area contributed by atoms with Crippen LogP contribution < -0.4 is 0 Å². The number of hydrogen-bond donors (Lipinski definition) is 2. The van der Waals surface area contributed by atoms with Crippen LogP contribution in [0.4, 0.5) is 5.69 Å². The molecule has 1 amide bonds. The number of amides is 1. The lowest BCUT2D eigenvalue weighted by Crippen LogP contribution is -1.86. The van der Waals surface area contributed by atoms with E-state index in [1.165, 1.54) is 11.8 Å². The molecular weight excluding hydrogens is 276 g/mol. The highest BCUT2D eigenvalue weighted by atomic mass is 32.2. The Hall–Kier alpha value is -2.15. The monoisotopic (exact) mass is 288 g/mol. The van der Waals surface area contributed by atoms with Crippen molar-refractivity contribution in [2.75, 3.05) is 5.75 Å². The van der Waals surface area contributed by atoms with E-state index < -0.39 is 0 Å². The number of hydrogen-bond acceptors (Lipinski definition) is 5. The molecular formula is C13H12N4O2S. The van der Waals surface area contributed by atoms with Gasteiger partial charge in [-0.15, -0.1) is 10.2 Å². The fraction of sp³-hybridized carbons (Fsp3) is 0.231. The first-order chi connectivity index (χ1) is 9.69. The quantitative estimate of drug-likeness (QED) is 0.832. The average Bonchev–Trinajstić information content (AvgIpc) is 2.99. The minimum atomic E-state index is -0.208. The molecule has 102 valence electrons. The normalized spacial score (nSPS) is 15.4. The van der Waals surface area contributed by atoms with Crippen molar-refractivity contribution in [3.63, 3.8) is 0 Å². The van der Waals surface area contributed by atoms with E-state index in [-0.39, 0.29) is 11.8 Å². The lowest BCUT2D eigenvalue weighted by atomic mass is 10.1. The SMILES string of the molecule is CCc1cccc2c(N=NC3=NC(=O)CS3)c(O)[nH]c12. The number of aryl methyl sites for hydroxylation is 1. The molecule has 0 fully saturated rings. The molecule has 1 aliphatic rings. The van der Waals surface area contributed by atoms with Crippen LogP contribution in [-0.2, 0) is 11.2 Å². The zero-order valence-electron chi connectivity index (χ0n) is 10.8. The molecule has 6 nitrogen and oxygen atoms in total. The van der Waals surface area contributed by atoms with Crippen LogP contribution in [0, 0.1) is 0 Å². The maximum absolute atomic E-state index is 11.0. The highest BCUT2D eigenvalue weighted by molar-refractivity contribution is 8.14. The van der Waals surface area contributed by atoms with Gasteiger partial charge in [-0.2, -0.15) is 4.99 Å². The van der Waals surface area contributed by atoms with Crippen LogP contribution in [0.1, 0.15) is 12.5 Å². The highest BCUT2D eigenvalue weighted by Crippen LogP contribution is 2.37. The number of fused-ring (bicyclic) bond motifs is 1. The number of carbonyl (C=O) groups excluding carboxylic acids is 1. The lowest BCUT2D eigenvalue weighted by Gasteiger charge is -1.97. The molecule has 0 saturated carbocycles. The van der Waals surface area contributed by atoms with Gasteiger partial charge in [0.05, 0.1) is 11.3 Å². The first-order valence-electron chi connectivity index (χ1n) is 6.17. The van der Waals surface area contributed by atoms with Crippen molar-refractivity contribution in [1.82, 2.24) is 4.98 Å². The number of aliphatic imine (C=N–C) groups is 1. The summed E-state index contributed by atoms with van der Waals surface area (Å²) in [6.45, 7) is 2.05. The highest BCUT2D eigenvalue weighted by Gasteiger charge is 2.16. The van der Waals surface area contributed by atoms with Crippen LogP contribution in [-0.4, -0.2) is 26.9 Å². The third-order valence-corrected chi connectivity index (χ3v) is 3.86. The summed E-state index contributed by atoms with van der Waals surface area (Å²) in [6.07, 6.45) is 0.852. The molecule has 7 heteroatoms. The van der Waals surface area contributed by atoms with Gasteiger partial charge >= 0.3 is 0 Å². The summed E-state index contributed by atoms with van der Waals surface area (Å²) >= 11 is 1.24. The van der Waals surface area contributed by atoms with E-state index >= 15 is 0 Å². The van der Waals surface area contributed by atoms with Crippen molar-refractivity contribution in [3.8, 4) is 5.88 Å². The van der Waals surface area contributed by atoms with E-state index in [9.17, 15) is 9.90 Å². The summed E-state index contributed by atoms with van der Waals surface area (Å²) in [5, 5.41) is 19.0. The predicted octanol–water partition coefficient (Wildman–Crippen LogP) is 3.15. The van der Waals surface area contributed by atoms with Gasteiger partial charge in [-0.1, -0.05) is 36.9 Å². The van der Waals surface area contributed by atoms with E-state index in [0.717, 1.165) is 22.9 Å². The number of para-hydroxylation sites is 1. The van der Waals surface area contributed by atoms with Gasteiger partial charge < -0.3 is 10.1 Å². The second kappa shape index (κ2) is 5.09. The number of aromatic amines is 1. The van der Waals surface area contributed by atoms with E-state index in [4.69, 9.17) is 0 Å². The number of nitrogens with one attached hydrogen (secondary N) is 1. The standard InChI is InChI=1S/C13H12N4O2S/c1-2-7-4-3-5-8-10(7)15-12(19)11(8)16-17-13-14-9(18)6-20-13/h3-5,15,19H,2,6H2,1H3. The van der Waals surface area contributed by atoms with E-state index in [2.05, 4.69) is 20.2 Å². The molecule has 0 radical (unpaired) electrons. The minimum Gasteiger partial charge on any atom is -0.493 e. The Labute approximate surface area is 119 Å². The Morgan fingerprint density at radius 1 is 1.45 bits per heavy atom. The van der Waals surface area contributed by atoms with Crippen molar-refractivity contribution in [3.05, 3.63) is 23.8 Å². The molecule has 0 unspecified atom stereocenters. The second-order valence-corrected chi connectivity index (χ2v) is 5.23. The zero-order chi connectivity index (χ0) is 14.1. The summed E-state index contributed by atoms with van der Waals surface area (Å²) in [5.74, 6) is 0.0636. The van der Waals surface area contributed by atoms with Gasteiger partial charge in [-0.05, 0) is 12.0 Å². The summed E-state index contributed by atoms with van der Waals surface area (Å²) < 4.78 is 0. The third kappa shape index (κ3) is 2.20. The summed E-state index contributed by atoms with van der Waals surface area (Å²) in [4.78, 5) is 17.7. The number of azo groups is 1. The first-order valence-corrected chi connectivity index (χ1v) is 7.16. The fourth-order valence-corrected chi connectivity index (χ4v) is 2.67. The Morgan fingerprint density at radius 3 is 3.00 bits per heavy atom. The topological polar surface area (TPSA) is 90.2 Å². The smallest absolute Gasteiger partial charge is 0.258 e. The summed E-state index contributed by atoms with van der Waals surface area (Å²) in [6, 6.07) is 5.78. The van der Waals surface area contributed by atoms with Gasteiger partial charge in [0.1, 0.15) is 0 Å². The van der Waals surface area contributed by atoms with E-state index in [0.29, 0.717) is 16.6 Å². The van der Waals surface area contributed by atoms with Gasteiger partial charge in [0.15, 0.2) is 5.69 Å². The molecule has 0 bridgehead atoms. The number of nitrogens with zero attached hydrogens (tertiary/aromatic N) is 3.